The second-order valence-electron chi connectivity index (χ2n) is 7.17. The maximum atomic E-state index is 13.3. The first kappa shape index (κ1) is 21.0. The third kappa shape index (κ3) is 4.15. The van der Waals surface area contributed by atoms with Crippen LogP contribution in [0.1, 0.15) is 27.4 Å². The number of alkyl halides is 3. The number of aromatic nitrogens is 2. The van der Waals surface area contributed by atoms with Crippen molar-refractivity contribution >= 4 is 15.7 Å². The number of hydrogen-bond donors (Lipinski definition) is 0. The zero-order valence-electron chi connectivity index (χ0n) is 16.2. The number of sulfone groups is 1. The van der Waals surface area contributed by atoms with Crippen molar-refractivity contribution < 1.29 is 26.4 Å². The lowest BCUT2D eigenvalue weighted by Gasteiger charge is -2.18. The molecular formula is C21H16F3N3O3S. The summed E-state index contributed by atoms with van der Waals surface area (Å²) in [6.07, 6.45) is -2.57. The van der Waals surface area contributed by atoms with E-state index in [1.54, 1.807) is 30.3 Å². The normalized spacial score (nSPS) is 13.9. The number of rotatable bonds is 3. The molecule has 4 rings (SSSR count). The summed E-state index contributed by atoms with van der Waals surface area (Å²) >= 11 is 0. The summed E-state index contributed by atoms with van der Waals surface area (Å²) in [4.78, 5) is 21.5. The summed E-state index contributed by atoms with van der Waals surface area (Å²) in [5.74, 6) is -1.76. The summed E-state index contributed by atoms with van der Waals surface area (Å²) < 4.78 is 62.8. The molecule has 3 aromatic rings. The van der Waals surface area contributed by atoms with Gasteiger partial charge >= 0.3 is 6.18 Å². The summed E-state index contributed by atoms with van der Waals surface area (Å²) in [7, 11) is -3.58. The Morgan fingerprint density at radius 1 is 1.06 bits per heavy atom. The van der Waals surface area contributed by atoms with Crippen LogP contribution in [0.15, 0.2) is 59.6 Å². The molecule has 2 heterocycles. The number of amides is 1. The number of carbonyl (C=O) groups is 1. The van der Waals surface area contributed by atoms with Gasteiger partial charge in [0.1, 0.15) is 0 Å². The van der Waals surface area contributed by atoms with E-state index in [4.69, 9.17) is 0 Å². The van der Waals surface area contributed by atoms with Gasteiger partial charge in [0.05, 0.1) is 17.1 Å². The molecule has 0 unspecified atom stereocenters. The number of benzene rings is 2. The predicted octanol–water partition coefficient (Wildman–Crippen LogP) is 3.72. The fourth-order valence-electron chi connectivity index (χ4n) is 3.40. The second-order valence-corrected chi connectivity index (χ2v) is 9.19. The van der Waals surface area contributed by atoms with Crippen molar-refractivity contribution in [2.75, 3.05) is 6.26 Å². The second kappa shape index (κ2) is 7.45. The van der Waals surface area contributed by atoms with Crippen LogP contribution in [0.5, 0.6) is 0 Å². The minimum Gasteiger partial charge on any atom is -0.328 e. The lowest BCUT2D eigenvalue weighted by molar-refractivity contribution is -0.145. The Labute approximate surface area is 176 Å². The van der Waals surface area contributed by atoms with Gasteiger partial charge in [-0.2, -0.15) is 13.2 Å². The number of nitrogens with zero attached hydrogens (tertiary/aromatic N) is 3. The molecule has 1 aliphatic heterocycles. The zero-order valence-corrected chi connectivity index (χ0v) is 17.0. The smallest absolute Gasteiger partial charge is 0.328 e. The van der Waals surface area contributed by atoms with E-state index in [-0.39, 0.29) is 29.2 Å². The van der Waals surface area contributed by atoms with E-state index in [2.05, 4.69) is 9.97 Å². The van der Waals surface area contributed by atoms with Crippen molar-refractivity contribution in [2.45, 2.75) is 24.2 Å². The molecule has 31 heavy (non-hydrogen) atoms. The highest BCUT2D eigenvalue weighted by atomic mass is 32.2. The lowest BCUT2D eigenvalue weighted by atomic mass is 9.99. The van der Waals surface area contributed by atoms with Crippen molar-refractivity contribution in [3.63, 3.8) is 0 Å². The minimum absolute atomic E-state index is 0.0219. The van der Waals surface area contributed by atoms with Crippen molar-refractivity contribution in [1.82, 2.24) is 14.9 Å². The minimum atomic E-state index is -4.68. The van der Waals surface area contributed by atoms with Gasteiger partial charge in [0.15, 0.2) is 9.84 Å². The van der Waals surface area contributed by atoms with Gasteiger partial charge in [-0.3, -0.25) is 4.79 Å². The Kier molecular flexibility index (Phi) is 5.04. The van der Waals surface area contributed by atoms with Crippen LogP contribution < -0.4 is 0 Å². The standard InChI is InChI=1S/C21H16F3N3O3S/c1-31(29,30)15-7-8-16(13-5-3-2-4-6-13)17(9-15)19(28)27-11-14-10-25-20(21(22,23)24)26-18(14)12-27/h2-10H,11-12H2,1H3. The molecule has 2 aromatic carbocycles. The number of carbonyl (C=O) groups excluding carboxylic acids is 1. The van der Waals surface area contributed by atoms with Gasteiger partial charge < -0.3 is 4.90 Å². The summed E-state index contributed by atoms with van der Waals surface area (Å²) in [6.45, 7) is -0.0965. The highest BCUT2D eigenvalue weighted by Gasteiger charge is 2.37. The average molecular weight is 447 g/mol. The van der Waals surface area contributed by atoms with Crippen LogP contribution in [-0.2, 0) is 29.1 Å². The van der Waals surface area contributed by atoms with E-state index in [9.17, 15) is 26.4 Å². The van der Waals surface area contributed by atoms with Gasteiger partial charge in [0.25, 0.3) is 5.91 Å². The monoisotopic (exact) mass is 447 g/mol. The molecule has 0 bridgehead atoms. The summed E-state index contributed by atoms with van der Waals surface area (Å²) in [6, 6.07) is 13.2. The molecule has 0 saturated heterocycles. The van der Waals surface area contributed by atoms with Crippen LogP contribution >= 0.6 is 0 Å². The van der Waals surface area contributed by atoms with Crippen molar-refractivity contribution in [3.05, 3.63) is 77.4 Å². The molecule has 0 atom stereocenters. The Hall–Kier alpha value is -3.27. The number of hydrogen-bond acceptors (Lipinski definition) is 5. The van der Waals surface area contributed by atoms with E-state index >= 15 is 0 Å². The van der Waals surface area contributed by atoms with Gasteiger partial charge in [-0.15, -0.1) is 0 Å². The molecule has 0 radical (unpaired) electrons. The number of fused-ring (bicyclic) bond motifs is 1. The maximum absolute atomic E-state index is 13.3. The third-order valence-electron chi connectivity index (χ3n) is 4.93. The zero-order chi connectivity index (χ0) is 22.4. The summed E-state index contributed by atoms with van der Waals surface area (Å²) in [5.41, 5.74) is 1.92. The van der Waals surface area contributed by atoms with Crippen LogP contribution in [0.2, 0.25) is 0 Å². The molecular weight excluding hydrogens is 431 g/mol. The van der Waals surface area contributed by atoms with Gasteiger partial charge in [-0.05, 0) is 23.3 Å². The van der Waals surface area contributed by atoms with Gasteiger partial charge in [0, 0.05) is 30.1 Å². The largest absolute Gasteiger partial charge is 0.451 e. The fourth-order valence-corrected chi connectivity index (χ4v) is 4.05. The van der Waals surface area contributed by atoms with Crippen LogP contribution in [0.25, 0.3) is 11.1 Å². The molecule has 0 N–H and O–H groups in total. The van der Waals surface area contributed by atoms with E-state index in [0.717, 1.165) is 12.5 Å². The van der Waals surface area contributed by atoms with Crippen LogP contribution in [-0.4, -0.2) is 35.4 Å². The molecule has 160 valence electrons. The van der Waals surface area contributed by atoms with Crippen molar-refractivity contribution in [1.29, 1.82) is 0 Å². The van der Waals surface area contributed by atoms with Crippen molar-refractivity contribution in [2.24, 2.45) is 0 Å². The molecule has 6 nitrogen and oxygen atoms in total. The van der Waals surface area contributed by atoms with Crippen LogP contribution in [0.3, 0.4) is 0 Å². The molecule has 0 aliphatic carbocycles. The molecule has 0 spiro atoms. The lowest BCUT2D eigenvalue weighted by Crippen LogP contribution is -2.26. The SMILES string of the molecule is CS(=O)(=O)c1ccc(-c2ccccc2)c(C(=O)N2Cc3cnc(C(F)(F)F)nc3C2)c1. The first-order valence-corrected chi connectivity index (χ1v) is 11.0. The average Bonchev–Trinajstić information content (AvgIpc) is 3.15. The van der Waals surface area contributed by atoms with Crippen LogP contribution in [0.4, 0.5) is 13.2 Å². The Morgan fingerprint density at radius 2 is 1.77 bits per heavy atom. The Balaban J connectivity index is 1.74. The van der Waals surface area contributed by atoms with E-state index < -0.39 is 27.7 Å². The summed E-state index contributed by atoms with van der Waals surface area (Å²) in [5, 5.41) is 0. The highest BCUT2D eigenvalue weighted by molar-refractivity contribution is 7.90. The number of halogens is 3. The molecule has 10 heteroatoms. The van der Waals surface area contributed by atoms with E-state index in [1.807, 2.05) is 6.07 Å². The van der Waals surface area contributed by atoms with Gasteiger partial charge in [0.2, 0.25) is 5.82 Å². The van der Waals surface area contributed by atoms with E-state index in [0.29, 0.717) is 16.7 Å². The van der Waals surface area contributed by atoms with Gasteiger partial charge in [-0.25, -0.2) is 18.4 Å². The van der Waals surface area contributed by atoms with Crippen LogP contribution in [0, 0.1) is 0 Å². The Bertz CT molecular complexity index is 1280. The maximum Gasteiger partial charge on any atom is 0.451 e. The molecule has 1 aromatic heterocycles. The fraction of sp³-hybridized carbons (Fsp3) is 0.190. The first-order valence-electron chi connectivity index (χ1n) is 9.15. The first-order chi connectivity index (χ1) is 14.5. The predicted molar refractivity (Wildman–Crippen MR) is 106 cm³/mol. The van der Waals surface area contributed by atoms with Gasteiger partial charge in [-0.1, -0.05) is 36.4 Å². The highest BCUT2D eigenvalue weighted by Crippen LogP contribution is 2.32. The van der Waals surface area contributed by atoms with E-state index in [1.165, 1.54) is 17.0 Å². The Morgan fingerprint density at radius 3 is 2.42 bits per heavy atom. The molecule has 1 amide bonds. The van der Waals surface area contributed by atoms with Crippen molar-refractivity contribution in [3.8, 4) is 11.1 Å². The molecule has 0 fully saturated rings. The molecule has 0 saturated carbocycles. The quantitative estimate of drug-likeness (QED) is 0.611. The molecule has 1 aliphatic rings. The topological polar surface area (TPSA) is 80.2 Å². The third-order valence-corrected chi connectivity index (χ3v) is 6.04.